The van der Waals surface area contributed by atoms with Crippen LogP contribution >= 0.6 is 11.6 Å². The van der Waals surface area contributed by atoms with Crippen LogP contribution in [-0.4, -0.2) is 73.4 Å². The van der Waals surface area contributed by atoms with Gasteiger partial charge in [-0.2, -0.15) is 0 Å². The number of rotatable bonds is 6. The number of benzene rings is 2. The van der Waals surface area contributed by atoms with Gasteiger partial charge in [0.25, 0.3) is 5.56 Å². The van der Waals surface area contributed by atoms with Gasteiger partial charge in [-0.3, -0.25) is 9.69 Å². The number of hydrogen-bond acceptors (Lipinski definition) is 6. The molecule has 0 aliphatic carbocycles. The molecule has 0 radical (unpaired) electrons. The van der Waals surface area contributed by atoms with Crippen molar-refractivity contribution in [1.82, 2.24) is 14.8 Å². The van der Waals surface area contributed by atoms with Gasteiger partial charge in [0.1, 0.15) is 13.2 Å². The molecule has 1 fully saturated rings. The summed E-state index contributed by atoms with van der Waals surface area (Å²) in [6, 6.07) is 12.2. The van der Waals surface area contributed by atoms with Crippen LogP contribution in [0.2, 0.25) is 5.02 Å². The number of aromatic nitrogens is 1. The molecule has 1 aromatic heterocycles. The van der Waals surface area contributed by atoms with Gasteiger partial charge < -0.3 is 29.4 Å². The van der Waals surface area contributed by atoms with Gasteiger partial charge in [-0.1, -0.05) is 23.7 Å². The molecule has 35 heavy (non-hydrogen) atoms. The summed E-state index contributed by atoms with van der Waals surface area (Å²) in [5.74, 6) is 1.25. The zero-order chi connectivity index (χ0) is 24.2. The van der Waals surface area contributed by atoms with E-state index in [1.54, 1.807) is 41.3 Å². The second-order valence-electron chi connectivity index (χ2n) is 8.49. The Hall–Kier alpha value is -3.27. The summed E-state index contributed by atoms with van der Waals surface area (Å²) in [4.78, 5) is 33.0. The van der Waals surface area contributed by atoms with E-state index in [1.807, 2.05) is 6.07 Å². The van der Waals surface area contributed by atoms with E-state index in [1.165, 1.54) is 0 Å². The molecule has 0 saturated carbocycles. The van der Waals surface area contributed by atoms with Gasteiger partial charge in [0.15, 0.2) is 11.5 Å². The Morgan fingerprint density at radius 1 is 1.06 bits per heavy atom. The lowest BCUT2D eigenvalue weighted by Crippen LogP contribution is -2.44. The van der Waals surface area contributed by atoms with Gasteiger partial charge in [-0.25, -0.2) is 4.79 Å². The Kier molecular flexibility index (Phi) is 7.08. The Morgan fingerprint density at radius 2 is 1.80 bits per heavy atom. The molecule has 10 heteroatoms. The number of pyridine rings is 1. The number of hydrogen-bond donors (Lipinski definition) is 2. The molecule has 5 rings (SSSR count). The smallest absolute Gasteiger partial charge is 0.322 e. The molecule has 2 N–H and O–H groups in total. The summed E-state index contributed by atoms with van der Waals surface area (Å²) in [6.07, 6.45) is 0. The number of aromatic amines is 1. The number of anilines is 1. The Labute approximate surface area is 207 Å². The molecule has 9 nitrogen and oxygen atoms in total. The SMILES string of the molecule is O=C(Nc1ccccc1Cl)N(CCN1CCOCC1)Cc1cc2cc3c(cc2[nH]c1=O)OCCO3. The van der Waals surface area contributed by atoms with E-state index in [-0.39, 0.29) is 18.1 Å². The van der Waals surface area contributed by atoms with Crippen molar-refractivity contribution in [3.05, 3.63) is 63.4 Å². The number of fused-ring (bicyclic) bond motifs is 2. The molecule has 0 spiro atoms. The first-order valence-electron chi connectivity index (χ1n) is 11.6. The second-order valence-corrected chi connectivity index (χ2v) is 8.90. The fourth-order valence-corrected chi connectivity index (χ4v) is 4.39. The Balaban J connectivity index is 1.40. The molecule has 2 aliphatic rings. The van der Waals surface area contributed by atoms with Gasteiger partial charge in [0.2, 0.25) is 0 Å². The molecule has 2 amide bonds. The monoisotopic (exact) mass is 498 g/mol. The highest BCUT2D eigenvalue weighted by molar-refractivity contribution is 6.33. The first-order valence-corrected chi connectivity index (χ1v) is 12.0. The maximum atomic E-state index is 13.3. The van der Waals surface area contributed by atoms with Crippen LogP contribution in [-0.2, 0) is 11.3 Å². The fraction of sp³-hybridized carbons (Fsp3) is 0.360. The molecule has 3 heterocycles. The summed E-state index contributed by atoms with van der Waals surface area (Å²) in [5.41, 5.74) is 1.40. The maximum absolute atomic E-state index is 13.3. The van der Waals surface area contributed by atoms with Crippen molar-refractivity contribution in [3.8, 4) is 11.5 Å². The van der Waals surface area contributed by atoms with Gasteiger partial charge in [-0.05, 0) is 24.3 Å². The van der Waals surface area contributed by atoms with Crippen LogP contribution in [0, 0.1) is 0 Å². The van der Waals surface area contributed by atoms with E-state index in [0.29, 0.717) is 72.8 Å². The van der Waals surface area contributed by atoms with E-state index in [4.69, 9.17) is 25.8 Å². The van der Waals surface area contributed by atoms with Crippen molar-refractivity contribution < 1.29 is 19.0 Å². The lowest BCUT2D eigenvalue weighted by atomic mass is 10.1. The van der Waals surface area contributed by atoms with Gasteiger partial charge in [-0.15, -0.1) is 0 Å². The third-order valence-electron chi connectivity index (χ3n) is 6.14. The quantitative estimate of drug-likeness (QED) is 0.541. The predicted molar refractivity (Wildman–Crippen MR) is 134 cm³/mol. The number of carbonyl (C=O) groups is 1. The minimum absolute atomic E-state index is 0.139. The van der Waals surface area contributed by atoms with Crippen molar-refractivity contribution >= 4 is 34.2 Å². The number of ether oxygens (including phenoxy) is 3. The van der Waals surface area contributed by atoms with Crippen molar-refractivity contribution in [1.29, 1.82) is 0 Å². The standard InChI is InChI=1S/C25H27ClN4O5/c26-19-3-1-2-4-20(19)28-25(32)30(6-5-29-7-9-33-10-8-29)16-18-13-17-14-22-23(35-12-11-34-22)15-21(17)27-24(18)31/h1-4,13-15H,5-12,16H2,(H,27,31)(H,28,32). The first kappa shape index (κ1) is 23.5. The fourth-order valence-electron chi connectivity index (χ4n) is 4.21. The molecule has 184 valence electrons. The molecule has 0 unspecified atom stereocenters. The lowest BCUT2D eigenvalue weighted by molar-refractivity contribution is 0.0349. The van der Waals surface area contributed by atoms with Crippen LogP contribution < -0.4 is 20.3 Å². The summed E-state index contributed by atoms with van der Waals surface area (Å²) in [5, 5.41) is 4.14. The summed E-state index contributed by atoms with van der Waals surface area (Å²) >= 11 is 6.25. The Bertz CT molecular complexity index is 1270. The van der Waals surface area contributed by atoms with Crippen LogP contribution in [0.25, 0.3) is 10.9 Å². The third kappa shape index (κ3) is 5.53. The number of amides is 2. The van der Waals surface area contributed by atoms with Gasteiger partial charge in [0, 0.05) is 43.2 Å². The van der Waals surface area contributed by atoms with Crippen molar-refractivity contribution in [2.24, 2.45) is 0 Å². The molecular weight excluding hydrogens is 472 g/mol. The van der Waals surface area contributed by atoms with Gasteiger partial charge in [0.05, 0.1) is 36.0 Å². The average molecular weight is 499 g/mol. The number of urea groups is 1. The van der Waals surface area contributed by atoms with E-state index < -0.39 is 0 Å². The molecular formula is C25H27ClN4O5. The van der Waals surface area contributed by atoms with E-state index in [9.17, 15) is 9.59 Å². The molecule has 0 atom stereocenters. The zero-order valence-corrected chi connectivity index (χ0v) is 20.0. The number of halogens is 1. The van der Waals surface area contributed by atoms with Gasteiger partial charge >= 0.3 is 6.03 Å². The molecule has 3 aromatic rings. The number of H-pyrrole nitrogens is 1. The van der Waals surface area contributed by atoms with Crippen LogP contribution in [0.3, 0.4) is 0 Å². The highest BCUT2D eigenvalue weighted by Crippen LogP contribution is 2.33. The highest BCUT2D eigenvalue weighted by Gasteiger charge is 2.20. The van der Waals surface area contributed by atoms with E-state index in [2.05, 4.69) is 15.2 Å². The minimum atomic E-state index is -0.326. The second kappa shape index (κ2) is 10.6. The van der Waals surface area contributed by atoms with Crippen LogP contribution in [0.4, 0.5) is 10.5 Å². The van der Waals surface area contributed by atoms with E-state index >= 15 is 0 Å². The normalized spacial score (nSPS) is 15.7. The average Bonchev–Trinajstić information content (AvgIpc) is 2.87. The molecule has 2 aliphatic heterocycles. The van der Waals surface area contributed by atoms with Crippen LogP contribution in [0.15, 0.2) is 47.3 Å². The Morgan fingerprint density at radius 3 is 2.57 bits per heavy atom. The maximum Gasteiger partial charge on any atom is 0.322 e. The first-order chi connectivity index (χ1) is 17.1. The number of carbonyl (C=O) groups excluding carboxylic acids is 1. The largest absolute Gasteiger partial charge is 0.486 e. The van der Waals surface area contributed by atoms with Crippen LogP contribution in [0.1, 0.15) is 5.56 Å². The summed E-state index contributed by atoms with van der Waals surface area (Å²) in [6.45, 7) is 5.16. The zero-order valence-electron chi connectivity index (χ0n) is 19.2. The number of morpholine rings is 1. The topological polar surface area (TPSA) is 96.1 Å². The minimum Gasteiger partial charge on any atom is -0.486 e. The molecule has 2 aromatic carbocycles. The van der Waals surface area contributed by atoms with Crippen molar-refractivity contribution in [3.63, 3.8) is 0 Å². The number of nitrogens with one attached hydrogen (secondary N) is 2. The summed E-state index contributed by atoms with van der Waals surface area (Å²) < 4.78 is 16.7. The van der Waals surface area contributed by atoms with Crippen LogP contribution in [0.5, 0.6) is 11.5 Å². The number of para-hydroxylation sites is 1. The highest BCUT2D eigenvalue weighted by atomic mass is 35.5. The summed E-state index contributed by atoms with van der Waals surface area (Å²) in [7, 11) is 0. The predicted octanol–water partition coefficient (Wildman–Crippen LogP) is 3.32. The van der Waals surface area contributed by atoms with Crippen molar-refractivity contribution in [2.45, 2.75) is 6.54 Å². The lowest BCUT2D eigenvalue weighted by Gasteiger charge is -2.30. The van der Waals surface area contributed by atoms with Crippen molar-refractivity contribution in [2.75, 3.05) is 57.9 Å². The number of nitrogens with zero attached hydrogens (tertiary/aromatic N) is 2. The molecule has 1 saturated heterocycles. The molecule has 0 bridgehead atoms. The van der Waals surface area contributed by atoms with E-state index in [0.717, 1.165) is 18.5 Å². The third-order valence-corrected chi connectivity index (χ3v) is 6.47.